The van der Waals surface area contributed by atoms with Crippen LogP contribution in [-0.4, -0.2) is 113 Å². The maximum atomic E-state index is 16.3. The zero-order valence-corrected chi connectivity index (χ0v) is 32.4. The second-order valence-corrected chi connectivity index (χ2v) is 17.9. The Bertz CT molecular complexity index is 2270. The Morgan fingerprint density at radius 2 is 1.67 bits per heavy atom. The molecule has 27 heteroatoms. The summed E-state index contributed by atoms with van der Waals surface area (Å²) in [4.78, 5) is 86.9. The van der Waals surface area contributed by atoms with Gasteiger partial charge in [0.1, 0.15) is 30.7 Å². The van der Waals surface area contributed by atoms with Gasteiger partial charge in [-0.2, -0.15) is 0 Å². The number of imidazole rings is 1. The van der Waals surface area contributed by atoms with E-state index in [1.807, 2.05) is 4.98 Å². The summed E-state index contributed by atoms with van der Waals surface area (Å²) in [6, 6.07) is 0.914. The van der Waals surface area contributed by atoms with Gasteiger partial charge in [-0.1, -0.05) is 25.6 Å². The topological polar surface area (TPSA) is 275 Å². The number of nitrogens with one attached hydrogen (secondary N) is 2. The van der Waals surface area contributed by atoms with Gasteiger partial charge in [0.25, 0.3) is 5.56 Å². The standard InChI is InChI=1S/C30H36F2N8O14P2S/c1-14-9-19(43)38(27(14)44)7-4-2-3-5-17(41)36-25-22-26(34-12-33-25)40(13-35-22)29-20(31)23-16(52-29)11-50-56(48,57)54-24-15(10-49-55(46,47)53-23)51-28(21(24)32)39-8-6-18(42)37-30(39)45/h6,8,12-16,20-21,23-24,28-29H,2-5,7,9-11H2,1H3,(H,46,47)(H,48,57)(H,37,42,45)(H,33,34,36,41)/t14?,15-,16-,20-,21-,23-,24-,28-,29-,56?/m1/s1. The molecule has 57 heavy (non-hydrogen) atoms. The van der Waals surface area contributed by atoms with Crippen molar-refractivity contribution in [3.8, 4) is 0 Å². The molecule has 3 N–H and O–H groups in total. The number of hydrogen-bond acceptors (Lipinski definition) is 16. The molecule has 3 unspecified atom stereocenters. The van der Waals surface area contributed by atoms with Gasteiger partial charge in [0.05, 0.1) is 19.5 Å². The van der Waals surface area contributed by atoms with E-state index >= 15 is 8.78 Å². The van der Waals surface area contributed by atoms with E-state index in [0.29, 0.717) is 23.8 Å². The Morgan fingerprint density at radius 1 is 0.982 bits per heavy atom. The lowest BCUT2D eigenvalue weighted by atomic mass is 10.1. The molecule has 0 aliphatic carbocycles. The number of thiol groups is 1. The summed E-state index contributed by atoms with van der Waals surface area (Å²) in [6.07, 6.45) is -10.1. The van der Waals surface area contributed by atoms with Gasteiger partial charge in [-0.25, -0.2) is 37.7 Å². The Morgan fingerprint density at radius 3 is 2.35 bits per heavy atom. The van der Waals surface area contributed by atoms with Crippen molar-refractivity contribution in [2.75, 3.05) is 25.1 Å². The van der Waals surface area contributed by atoms with Crippen LogP contribution in [0.5, 0.6) is 0 Å². The minimum atomic E-state index is -5.23. The van der Waals surface area contributed by atoms with Crippen LogP contribution in [-0.2, 0) is 51.1 Å². The fraction of sp³-hybridized carbons (Fsp3) is 0.600. The molecular formula is C30H36F2N8O14P2S. The fourth-order valence-electron chi connectivity index (χ4n) is 6.83. The third-order valence-corrected chi connectivity index (χ3v) is 12.2. The lowest BCUT2D eigenvalue weighted by Crippen LogP contribution is -2.37. The molecular weight excluding hydrogens is 828 g/mol. The van der Waals surface area contributed by atoms with Crippen molar-refractivity contribution in [2.45, 2.75) is 88.2 Å². The molecule has 0 spiro atoms. The minimum absolute atomic E-state index is 0.0153. The summed E-state index contributed by atoms with van der Waals surface area (Å²) in [5.74, 6) is -1.19. The molecule has 3 aromatic rings. The third-order valence-electron chi connectivity index (χ3n) is 9.62. The van der Waals surface area contributed by atoms with Gasteiger partial charge >= 0.3 is 20.3 Å². The summed E-state index contributed by atoms with van der Waals surface area (Å²) in [5, 5.41) is 2.63. The predicted octanol–water partition coefficient (Wildman–Crippen LogP) is 1.70. The van der Waals surface area contributed by atoms with E-state index in [9.17, 15) is 38.0 Å². The van der Waals surface area contributed by atoms with Crippen molar-refractivity contribution < 1.29 is 64.8 Å². The van der Waals surface area contributed by atoms with E-state index in [4.69, 9.17) is 27.6 Å². The molecule has 3 aromatic heterocycles. The second kappa shape index (κ2) is 16.5. The summed E-state index contributed by atoms with van der Waals surface area (Å²) in [6.45, 7) is -4.40. The first-order chi connectivity index (χ1) is 27.0. The molecule has 4 aliphatic heterocycles. The maximum Gasteiger partial charge on any atom is 0.472 e. The number of phosphoric acid groups is 1. The molecule has 310 valence electrons. The van der Waals surface area contributed by atoms with Gasteiger partial charge in [0, 0.05) is 37.6 Å². The fourth-order valence-corrected chi connectivity index (χ4v) is 9.27. The number of imide groups is 1. The first-order valence-electron chi connectivity index (χ1n) is 17.6. The quantitative estimate of drug-likeness (QED) is 0.103. The van der Waals surface area contributed by atoms with Crippen LogP contribution in [0.25, 0.3) is 11.2 Å². The minimum Gasteiger partial charge on any atom is -0.346 e. The zero-order chi connectivity index (χ0) is 40.8. The Hall–Kier alpha value is -3.77. The number of halogens is 2. The number of likely N-dealkylation sites (tertiary alicyclic amines) is 1. The Kier molecular flexibility index (Phi) is 12.0. The van der Waals surface area contributed by atoms with Crippen molar-refractivity contribution in [3.63, 3.8) is 0 Å². The number of aromatic nitrogens is 6. The number of unbranched alkanes of at least 4 members (excludes halogenated alkanes) is 2. The maximum absolute atomic E-state index is 16.3. The van der Waals surface area contributed by atoms with Crippen LogP contribution >= 0.6 is 26.9 Å². The molecule has 4 saturated heterocycles. The second-order valence-electron chi connectivity index (χ2n) is 13.6. The van der Waals surface area contributed by atoms with Gasteiger partial charge in [-0.15, -0.1) is 0 Å². The van der Waals surface area contributed by atoms with Crippen molar-refractivity contribution in [1.82, 2.24) is 34.0 Å². The molecule has 4 aliphatic rings. The normalized spacial score (nSPS) is 34.8. The number of H-pyrrole nitrogens is 1. The monoisotopic (exact) mass is 864 g/mol. The highest BCUT2D eigenvalue weighted by Gasteiger charge is 2.54. The molecule has 0 bridgehead atoms. The number of carbonyl (C=O) groups excluding carboxylic acids is 3. The first kappa shape index (κ1) is 41.4. The number of carbonyl (C=O) groups is 3. The molecule has 7 heterocycles. The largest absolute Gasteiger partial charge is 0.472 e. The van der Waals surface area contributed by atoms with E-state index in [1.165, 1.54) is 4.90 Å². The highest BCUT2D eigenvalue weighted by molar-refractivity contribution is 8.44. The molecule has 0 saturated carbocycles. The van der Waals surface area contributed by atoms with Crippen molar-refractivity contribution in [1.29, 1.82) is 0 Å². The van der Waals surface area contributed by atoms with Crippen LogP contribution < -0.4 is 16.6 Å². The van der Waals surface area contributed by atoms with Crippen molar-refractivity contribution >= 4 is 61.6 Å². The van der Waals surface area contributed by atoms with Gasteiger partial charge in [0.2, 0.25) is 17.7 Å². The molecule has 4 fully saturated rings. The van der Waals surface area contributed by atoms with E-state index in [0.717, 1.165) is 29.5 Å². The van der Waals surface area contributed by atoms with Crippen LogP contribution in [0.2, 0.25) is 0 Å². The van der Waals surface area contributed by atoms with Gasteiger partial charge in [0.15, 0.2) is 41.8 Å². The average molecular weight is 865 g/mol. The number of amides is 3. The summed E-state index contributed by atoms with van der Waals surface area (Å²) >= 11 is 3.91. The van der Waals surface area contributed by atoms with Crippen molar-refractivity contribution in [2.24, 2.45) is 5.92 Å². The highest BCUT2D eigenvalue weighted by Crippen LogP contribution is 2.58. The van der Waals surface area contributed by atoms with Crippen LogP contribution in [0, 0.1) is 5.92 Å². The van der Waals surface area contributed by atoms with Gasteiger partial charge in [-0.05, 0) is 12.8 Å². The van der Waals surface area contributed by atoms with Gasteiger partial charge < -0.3 is 19.7 Å². The van der Waals surface area contributed by atoms with Crippen molar-refractivity contribution in [3.05, 3.63) is 45.8 Å². The molecule has 0 radical (unpaired) electrons. The van der Waals surface area contributed by atoms with E-state index in [1.54, 1.807) is 6.92 Å². The number of hydrogen-bond donors (Lipinski definition) is 4. The zero-order valence-electron chi connectivity index (χ0n) is 29.7. The molecule has 11 atom stereocenters. The van der Waals surface area contributed by atoms with E-state index < -0.39 is 94.2 Å². The number of nitrogens with zero attached hydrogens (tertiary/aromatic N) is 6. The van der Waals surface area contributed by atoms with Crippen LogP contribution in [0.3, 0.4) is 0 Å². The lowest BCUT2D eigenvalue weighted by Gasteiger charge is -2.27. The SMILES string of the molecule is CC1CC(=O)N(CCCCCC(=O)Nc2ncnc3c2ncn3[C@@H]2O[C@@H]3COP(=O)(S)O[C@H]4[C@@H](F)[C@H](n5ccc(=O)[nH]c5=O)O[C@@H]4COP(=O)(O)O[C@H]3[C@H]2F)C1=O. The highest BCUT2D eigenvalue weighted by atomic mass is 32.7. The molecule has 7 rings (SSSR count). The number of rotatable bonds is 9. The number of fused-ring (bicyclic) bond motifs is 3. The Balaban J connectivity index is 1.02. The molecule has 0 aromatic carbocycles. The van der Waals surface area contributed by atoms with Gasteiger partial charge in [-0.3, -0.25) is 56.3 Å². The van der Waals surface area contributed by atoms with Crippen LogP contribution in [0.4, 0.5) is 14.6 Å². The van der Waals surface area contributed by atoms with E-state index in [-0.39, 0.29) is 54.1 Å². The smallest absolute Gasteiger partial charge is 0.346 e. The lowest BCUT2D eigenvalue weighted by molar-refractivity contribution is -0.139. The summed E-state index contributed by atoms with van der Waals surface area (Å²) in [5.41, 5.74) is -1.84. The summed E-state index contributed by atoms with van der Waals surface area (Å²) < 4.78 is 92.6. The van der Waals surface area contributed by atoms with E-state index in [2.05, 4.69) is 32.5 Å². The average Bonchev–Trinajstić information content (AvgIpc) is 3.86. The number of aromatic amines is 1. The first-order valence-corrected chi connectivity index (χ1v) is 21.7. The number of ether oxygens (including phenoxy) is 2. The number of anilines is 1. The predicted molar refractivity (Wildman–Crippen MR) is 190 cm³/mol. The number of alkyl halides is 2. The molecule has 3 amide bonds. The van der Waals surface area contributed by atoms with Crippen LogP contribution in [0.15, 0.2) is 34.5 Å². The summed E-state index contributed by atoms with van der Waals surface area (Å²) in [7, 11) is -5.23. The third kappa shape index (κ3) is 8.82. The number of phosphoric ester groups is 1. The Labute approximate surface area is 324 Å². The van der Waals surface area contributed by atoms with Crippen LogP contribution in [0.1, 0.15) is 51.5 Å². The molecule has 22 nitrogen and oxygen atoms in total.